The summed E-state index contributed by atoms with van der Waals surface area (Å²) in [6.45, 7) is 4.91. The Morgan fingerprint density at radius 2 is 1.86 bits per heavy atom. The van der Waals surface area contributed by atoms with Gasteiger partial charge in [-0.25, -0.2) is 9.97 Å². The molecule has 0 aliphatic carbocycles. The fraction of sp³-hybridized carbons (Fsp3) is 0.474. The predicted molar refractivity (Wildman–Crippen MR) is 104 cm³/mol. The first-order valence-electron chi connectivity index (χ1n) is 9.16. The molecule has 2 aromatic heterocycles. The molecule has 150 valence electrons. The number of alkyl halides is 3. The molecule has 1 aromatic carbocycles. The second-order valence-electron chi connectivity index (χ2n) is 7.35. The van der Waals surface area contributed by atoms with Crippen molar-refractivity contribution in [2.45, 2.75) is 25.7 Å². The van der Waals surface area contributed by atoms with Gasteiger partial charge in [-0.05, 0) is 31.7 Å². The average molecular weight is 412 g/mol. The largest absolute Gasteiger partial charge is 0.406 e. The van der Waals surface area contributed by atoms with Gasteiger partial charge in [-0.2, -0.15) is 13.2 Å². The molecule has 1 atom stereocenters. The van der Waals surface area contributed by atoms with Gasteiger partial charge < -0.3 is 9.47 Å². The van der Waals surface area contributed by atoms with Gasteiger partial charge in [-0.1, -0.05) is 17.7 Å². The molecule has 1 fully saturated rings. The maximum Gasteiger partial charge on any atom is 0.406 e. The van der Waals surface area contributed by atoms with Crippen molar-refractivity contribution in [1.82, 2.24) is 24.3 Å². The molecule has 0 spiro atoms. The minimum Gasteiger partial charge on any atom is -0.327 e. The third-order valence-corrected chi connectivity index (χ3v) is 5.80. The molecular formula is C19H21ClF3N5. The van der Waals surface area contributed by atoms with E-state index in [1.165, 1.54) is 6.33 Å². The Kier molecular flexibility index (Phi) is 4.97. The Labute approximate surface area is 165 Å². The van der Waals surface area contributed by atoms with Crippen LogP contribution >= 0.6 is 11.6 Å². The van der Waals surface area contributed by atoms with Crippen LogP contribution in [0.3, 0.4) is 0 Å². The Morgan fingerprint density at radius 3 is 2.54 bits per heavy atom. The maximum atomic E-state index is 13.2. The third-order valence-electron chi connectivity index (χ3n) is 5.52. The van der Waals surface area contributed by atoms with E-state index in [-0.39, 0.29) is 16.7 Å². The molecule has 3 aromatic rings. The summed E-state index contributed by atoms with van der Waals surface area (Å²) in [5.41, 5.74) is 2.19. The smallest absolute Gasteiger partial charge is 0.327 e. The summed E-state index contributed by atoms with van der Waals surface area (Å²) < 4.78 is 40.7. The highest BCUT2D eigenvalue weighted by atomic mass is 35.5. The molecule has 0 bridgehead atoms. The van der Waals surface area contributed by atoms with E-state index >= 15 is 0 Å². The van der Waals surface area contributed by atoms with Crippen molar-refractivity contribution in [3.8, 4) is 0 Å². The molecule has 0 radical (unpaired) electrons. The number of fused-ring (bicyclic) bond motifs is 3. The number of piperazine rings is 1. The molecule has 4 rings (SSSR count). The summed E-state index contributed by atoms with van der Waals surface area (Å²) in [7, 11) is 2.10. The second-order valence-corrected chi connectivity index (χ2v) is 7.71. The van der Waals surface area contributed by atoms with Crippen molar-refractivity contribution in [2.24, 2.45) is 0 Å². The zero-order chi connectivity index (χ0) is 20.1. The van der Waals surface area contributed by atoms with Gasteiger partial charge in [0.2, 0.25) is 0 Å². The first-order chi connectivity index (χ1) is 13.2. The van der Waals surface area contributed by atoms with Crippen molar-refractivity contribution in [2.75, 3.05) is 33.2 Å². The number of aromatic nitrogens is 3. The van der Waals surface area contributed by atoms with Crippen LogP contribution in [-0.2, 0) is 6.54 Å². The van der Waals surface area contributed by atoms with Crippen LogP contribution in [0.5, 0.6) is 0 Å². The summed E-state index contributed by atoms with van der Waals surface area (Å²) >= 11 is 6.15. The molecule has 28 heavy (non-hydrogen) atoms. The lowest BCUT2D eigenvalue weighted by Gasteiger charge is -2.36. The zero-order valence-corrected chi connectivity index (χ0v) is 16.4. The van der Waals surface area contributed by atoms with Crippen molar-refractivity contribution in [3.63, 3.8) is 0 Å². The van der Waals surface area contributed by atoms with Gasteiger partial charge in [0, 0.05) is 37.6 Å². The van der Waals surface area contributed by atoms with Crippen molar-refractivity contribution in [1.29, 1.82) is 0 Å². The highest BCUT2D eigenvalue weighted by Crippen LogP contribution is 2.35. The lowest BCUT2D eigenvalue weighted by Crippen LogP contribution is -2.45. The first-order valence-corrected chi connectivity index (χ1v) is 9.54. The molecule has 1 unspecified atom stereocenters. The number of nitrogens with zero attached hydrogens (tertiary/aromatic N) is 5. The molecule has 0 N–H and O–H groups in total. The van der Waals surface area contributed by atoms with E-state index in [1.807, 2.05) is 12.1 Å². The van der Waals surface area contributed by atoms with Gasteiger partial charge in [-0.15, -0.1) is 0 Å². The molecular weight excluding hydrogens is 391 g/mol. The van der Waals surface area contributed by atoms with E-state index in [1.54, 1.807) is 6.07 Å². The highest BCUT2D eigenvalue weighted by molar-refractivity contribution is 6.34. The quantitative estimate of drug-likeness (QED) is 0.608. The molecule has 1 aliphatic heterocycles. The Balaban J connectivity index is 1.81. The summed E-state index contributed by atoms with van der Waals surface area (Å²) in [6, 6.07) is 5.74. The fourth-order valence-electron chi connectivity index (χ4n) is 3.92. The van der Waals surface area contributed by atoms with E-state index in [2.05, 4.69) is 33.7 Å². The van der Waals surface area contributed by atoms with Crippen molar-refractivity contribution in [3.05, 3.63) is 35.2 Å². The van der Waals surface area contributed by atoms with E-state index in [9.17, 15) is 13.2 Å². The van der Waals surface area contributed by atoms with Crippen LogP contribution in [0.2, 0.25) is 5.15 Å². The lowest BCUT2D eigenvalue weighted by molar-refractivity contribution is -0.139. The number of likely N-dealkylation sites (N-methyl/N-ethyl adjacent to an activating group) is 1. The Morgan fingerprint density at radius 1 is 1.14 bits per heavy atom. The zero-order valence-electron chi connectivity index (χ0n) is 15.7. The minimum atomic E-state index is -4.37. The van der Waals surface area contributed by atoms with Gasteiger partial charge in [0.15, 0.2) is 5.15 Å². The van der Waals surface area contributed by atoms with E-state index < -0.39 is 12.7 Å². The van der Waals surface area contributed by atoms with Gasteiger partial charge in [0.05, 0.1) is 5.52 Å². The summed E-state index contributed by atoms with van der Waals surface area (Å²) in [5, 5.41) is 0.696. The van der Waals surface area contributed by atoms with Crippen molar-refractivity contribution >= 4 is 33.5 Å². The maximum absolute atomic E-state index is 13.2. The Bertz CT molecular complexity index is 1010. The summed E-state index contributed by atoms with van der Waals surface area (Å²) in [5.74, 6) is 0. The Hall–Kier alpha value is -1.90. The molecule has 0 saturated carbocycles. The number of hydrogen-bond acceptors (Lipinski definition) is 4. The van der Waals surface area contributed by atoms with E-state index in [0.717, 1.165) is 36.3 Å². The van der Waals surface area contributed by atoms with Crippen LogP contribution in [0.15, 0.2) is 24.5 Å². The monoisotopic (exact) mass is 411 g/mol. The van der Waals surface area contributed by atoms with E-state index in [4.69, 9.17) is 11.6 Å². The van der Waals surface area contributed by atoms with Gasteiger partial charge in [0.25, 0.3) is 0 Å². The molecule has 1 saturated heterocycles. The van der Waals surface area contributed by atoms with Gasteiger partial charge in [0.1, 0.15) is 23.9 Å². The highest BCUT2D eigenvalue weighted by Gasteiger charge is 2.31. The van der Waals surface area contributed by atoms with Crippen LogP contribution < -0.4 is 0 Å². The summed E-state index contributed by atoms with van der Waals surface area (Å²) in [6.07, 6.45) is -3.08. The van der Waals surface area contributed by atoms with Gasteiger partial charge in [-0.3, -0.25) is 4.90 Å². The molecule has 1 aliphatic rings. The number of benzene rings is 1. The average Bonchev–Trinajstić information content (AvgIpc) is 2.95. The van der Waals surface area contributed by atoms with E-state index in [0.29, 0.717) is 16.4 Å². The molecule has 5 nitrogen and oxygen atoms in total. The molecule has 3 heterocycles. The molecule has 9 heteroatoms. The lowest BCUT2D eigenvalue weighted by atomic mass is 10.0. The van der Waals surface area contributed by atoms with Crippen LogP contribution in [0.4, 0.5) is 13.2 Å². The van der Waals surface area contributed by atoms with Crippen LogP contribution in [-0.4, -0.2) is 63.7 Å². The van der Waals surface area contributed by atoms with Crippen LogP contribution in [0.1, 0.15) is 18.5 Å². The number of rotatable bonds is 3. The normalized spacial score (nSPS) is 18.2. The van der Waals surface area contributed by atoms with Crippen LogP contribution in [0.25, 0.3) is 21.9 Å². The SMILES string of the molecule is CC(c1ccc2c(c1)c1ncnc(Cl)c1n2CC(F)(F)F)N1CCN(C)CC1. The number of halogens is 4. The third kappa shape index (κ3) is 3.56. The van der Waals surface area contributed by atoms with Crippen molar-refractivity contribution < 1.29 is 13.2 Å². The second kappa shape index (κ2) is 7.17. The van der Waals surface area contributed by atoms with Crippen LogP contribution in [0, 0.1) is 0 Å². The minimum absolute atomic E-state index is 0.0270. The topological polar surface area (TPSA) is 37.2 Å². The first kappa shape index (κ1) is 19.4. The molecule has 0 amide bonds. The number of hydrogen-bond donors (Lipinski definition) is 0. The van der Waals surface area contributed by atoms with Gasteiger partial charge >= 0.3 is 6.18 Å². The standard InChI is InChI=1S/C19H21ClF3N5/c1-12(27-7-5-26(2)6-8-27)13-3-4-15-14(9-13)16-17(18(20)25-11-24-16)28(15)10-19(21,22)23/h3-4,9,11-12H,5-8,10H2,1-2H3. The predicted octanol–water partition coefficient (Wildman–Crippen LogP) is 4.11. The summed E-state index contributed by atoms with van der Waals surface area (Å²) in [4.78, 5) is 12.8. The fourth-order valence-corrected chi connectivity index (χ4v) is 4.15.